The van der Waals surface area contributed by atoms with E-state index in [9.17, 15) is 4.79 Å². The molecule has 4 aliphatic rings. The second-order valence-corrected chi connectivity index (χ2v) is 8.50. The molecule has 4 heteroatoms. The first kappa shape index (κ1) is 16.4. The number of anilines is 1. The zero-order valence-corrected chi connectivity index (χ0v) is 15.4. The van der Waals surface area contributed by atoms with Gasteiger partial charge in [-0.05, 0) is 62.6 Å². The summed E-state index contributed by atoms with van der Waals surface area (Å²) in [5.41, 5.74) is 2.44. The van der Waals surface area contributed by atoms with E-state index in [1.165, 1.54) is 45.2 Å². The number of fused-ring (bicyclic) bond motifs is 6. The molecule has 138 valence electrons. The molecule has 0 saturated carbocycles. The molecule has 4 nitrogen and oxygen atoms in total. The Balaban J connectivity index is 1.39. The topological polar surface area (TPSA) is 35.6 Å². The number of piperidine rings is 3. The predicted octanol–water partition coefficient (Wildman–Crippen LogP) is 4.11. The molecular formula is C22H29N3O. The number of benzene rings is 1. The normalized spacial score (nSPS) is 33.7. The van der Waals surface area contributed by atoms with Crippen LogP contribution in [0.15, 0.2) is 42.0 Å². The molecule has 2 amide bonds. The van der Waals surface area contributed by atoms with E-state index in [-0.39, 0.29) is 6.03 Å². The van der Waals surface area contributed by atoms with Crippen LogP contribution in [0, 0.1) is 11.8 Å². The van der Waals surface area contributed by atoms with Gasteiger partial charge in [-0.1, -0.05) is 36.3 Å². The van der Waals surface area contributed by atoms with Crippen LogP contribution in [0.25, 0.3) is 0 Å². The van der Waals surface area contributed by atoms with Gasteiger partial charge < -0.3 is 10.2 Å². The van der Waals surface area contributed by atoms with Gasteiger partial charge in [-0.15, -0.1) is 0 Å². The Morgan fingerprint density at radius 2 is 1.96 bits per heavy atom. The maximum absolute atomic E-state index is 13.0. The molecule has 1 aromatic rings. The fourth-order valence-electron chi connectivity index (χ4n) is 5.92. The number of rotatable bonds is 1. The minimum absolute atomic E-state index is 0.0750. The highest BCUT2D eigenvalue weighted by Crippen LogP contribution is 2.45. The average Bonchev–Trinajstić information content (AvgIpc) is 2.68. The van der Waals surface area contributed by atoms with Gasteiger partial charge >= 0.3 is 6.03 Å². The van der Waals surface area contributed by atoms with E-state index in [4.69, 9.17) is 0 Å². The molecule has 2 bridgehead atoms. The summed E-state index contributed by atoms with van der Waals surface area (Å²) in [6, 6.07) is 11.0. The number of urea groups is 1. The monoisotopic (exact) mass is 351 g/mol. The zero-order chi connectivity index (χ0) is 17.5. The Morgan fingerprint density at radius 3 is 2.85 bits per heavy atom. The minimum atomic E-state index is 0.0750. The molecule has 1 aliphatic carbocycles. The van der Waals surface area contributed by atoms with Crippen LogP contribution in [0.5, 0.6) is 0 Å². The lowest BCUT2D eigenvalue weighted by molar-refractivity contribution is 0.00908. The molecule has 0 spiro atoms. The van der Waals surface area contributed by atoms with Crippen molar-refractivity contribution in [2.24, 2.45) is 11.8 Å². The fourth-order valence-corrected chi connectivity index (χ4v) is 5.92. The van der Waals surface area contributed by atoms with Crippen LogP contribution in [0.3, 0.4) is 0 Å². The molecule has 4 atom stereocenters. The average molecular weight is 351 g/mol. The number of hydrogen-bond donors (Lipinski definition) is 1. The third-order valence-corrected chi connectivity index (χ3v) is 6.94. The largest absolute Gasteiger partial charge is 0.322 e. The summed E-state index contributed by atoms with van der Waals surface area (Å²) in [5.74, 6) is 1.33. The van der Waals surface area contributed by atoms with Crippen molar-refractivity contribution >= 4 is 11.7 Å². The lowest BCUT2D eigenvalue weighted by Gasteiger charge is -2.54. The number of nitrogens with zero attached hydrogens (tertiary/aromatic N) is 2. The highest BCUT2D eigenvalue weighted by molar-refractivity contribution is 5.89. The first-order valence-corrected chi connectivity index (χ1v) is 10.4. The molecule has 1 N–H and O–H groups in total. The van der Waals surface area contributed by atoms with Crippen LogP contribution >= 0.6 is 0 Å². The SMILES string of the molecule is O=C(Nc1ccccc1)N1CCCC2=C[C@H]3C[C@@H](CN4CCCC[C@H]34)[C@@H]21. The van der Waals surface area contributed by atoms with Crippen LogP contribution in [0.2, 0.25) is 0 Å². The van der Waals surface area contributed by atoms with Gasteiger partial charge in [-0.25, -0.2) is 4.79 Å². The first-order chi connectivity index (χ1) is 12.8. The minimum Gasteiger partial charge on any atom is -0.317 e. The lowest BCUT2D eigenvalue weighted by atomic mass is 9.68. The molecule has 1 aromatic carbocycles. The summed E-state index contributed by atoms with van der Waals surface area (Å²) in [7, 11) is 0. The standard InChI is InChI=1S/C22H29N3O/c26-22(23-19-8-2-1-3-9-19)25-12-6-7-16-13-17-14-18(21(16)25)15-24-11-5-4-10-20(17)24/h1-3,8-9,13,17-18,20-21H,4-7,10-12,14-15H2,(H,23,26)/t17-,18-,20+,21+/m0/s1. The highest BCUT2D eigenvalue weighted by atomic mass is 16.2. The van der Waals surface area contributed by atoms with Crippen LogP contribution in [0.1, 0.15) is 38.5 Å². The van der Waals surface area contributed by atoms with Crippen LogP contribution < -0.4 is 5.32 Å². The van der Waals surface area contributed by atoms with Crippen LogP contribution in [-0.4, -0.2) is 47.5 Å². The van der Waals surface area contributed by atoms with E-state index in [0.717, 1.165) is 30.6 Å². The van der Waals surface area contributed by atoms with Crippen molar-refractivity contribution < 1.29 is 4.79 Å². The second kappa shape index (κ2) is 6.73. The maximum atomic E-state index is 13.0. The van der Waals surface area contributed by atoms with Crippen molar-refractivity contribution in [2.75, 3.05) is 25.0 Å². The number of nitrogens with one attached hydrogen (secondary N) is 1. The maximum Gasteiger partial charge on any atom is 0.322 e. The molecule has 3 fully saturated rings. The van der Waals surface area contributed by atoms with Crippen LogP contribution in [-0.2, 0) is 0 Å². The molecule has 3 saturated heterocycles. The lowest BCUT2D eigenvalue weighted by Crippen LogP contribution is -2.60. The number of para-hydroxylation sites is 1. The van der Waals surface area contributed by atoms with Gasteiger partial charge in [-0.2, -0.15) is 0 Å². The Hall–Kier alpha value is -1.81. The third-order valence-electron chi connectivity index (χ3n) is 6.94. The molecule has 3 heterocycles. The van der Waals surface area contributed by atoms with Gasteiger partial charge in [0.05, 0.1) is 6.04 Å². The number of carbonyl (C=O) groups is 1. The molecule has 3 aliphatic heterocycles. The Kier molecular flexibility index (Phi) is 4.24. The van der Waals surface area contributed by atoms with Crippen molar-refractivity contribution in [1.82, 2.24) is 9.80 Å². The number of carbonyl (C=O) groups excluding carboxylic acids is 1. The Bertz CT molecular complexity index is 701. The summed E-state index contributed by atoms with van der Waals surface area (Å²) >= 11 is 0. The molecule has 0 radical (unpaired) electrons. The smallest absolute Gasteiger partial charge is 0.317 e. The van der Waals surface area contributed by atoms with Crippen molar-refractivity contribution in [3.8, 4) is 0 Å². The third kappa shape index (κ3) is 2.84. The first-order valence-electron chi connectivity index (χ1n) is 10.4. The predicted molar refractivity (Wildman–Crippen MR) is 104 cm³/mol. The summed E-state index contributed by atoms with van der Waals surface area (Å²) < 4.78 is 0. The van der Waals surface area contributed by atoms with Crippen molar-refractivity contribution in [2.45, 2.75) is 50.6 Å². The summed E-state index contributed by atoms with van der Waals surface area (Å²) in [6.45, 7) is 3.31. The summed E-state index contributed by atoms with van der Waals surface area (Å²) in [6.07, 6.45) is 10.2. The fraction of sp³-hybridized carbons (Fsp3) is 0.591. The summed E-state index contributed by atoms with van der Waals surface area (Å²) in [4.78, 5) is 17.9. The number of likely N-dealkylation sites (tertiary alicyclic amines) is 1. The van der Waals surface area contributed by atoms with E-state index in [1.54, 1.807) is 5.57 Å². The Morgan fingerprint density at radius 1 is 1.08 bits per heavy atom. The quantitative estimate of drug-likeness (QED) is 0.773. The van der Waals surface area contributed by atoms with Crippen molar-refractivity contribution in [3.63, 3.8) is 0 Å². The van der Waals surface area contributed by atoms with Gasteiger partial charge in [-0.3, -0.25) is 4.90 Å². The van der Waals surface area contributed by atoms with Gasteiger partial charge in [0.2, 0.25) is 0 Å². The Labute approximate surface area is 156 Å². The molecule has 26 heavy (non-hydrogen) atoms. The molecule has 5 rings (SSSR count). The van der Waals surface area contributed by atoms with E-state index in [2.05, 4.69) is 21.2 Å². The van der Waals surface area contributed by atoms with E-state index in [1.807, 2.05) is 30.3 Å². The molecule has 0 unspecified atom stereocenters. The van der Waals surface area contributed by atoms with Gasteiger partial charge in [0.25, 0.3) is 0 Å². The van der Waals surface area contributed by atoms with Crippen molar-refractivity contribution in [1.29, 1.82) is 0 Å². The van der Waals surface area contributed by atoms with E-state index < -0.39 is 0 Å². The van der Waals surface area contributed by atoms with Crippen molar-refractivity contribution in [3.05, 3.63) is 42.0 Å². The van der Waals surface area contributed by atoms with E-state index in [0.29, 0.717) is 12.0 Å². The van der Waals surface area contributed by atoms with Gasteiger partial charge in [0.1, 0.15) is 0 Å². The summed E-state index contributed by atoms with van der Waals surface area (Å²) in [5, 5.41) is 3.12. The van der Waals surface area contributed by atoms with Crippen LogP contribution in [0.4, 0.5) is 10.5 Å². The molecular weight excluding hydrogens is 322 g/mol. The second-order valence-electron chi connectivity index (χ2n) is 8.50. The zero-order valence-electron chi connectivity index (χ0n) is 15.4. The van der Waals surface area contributed by atoms with Gasteiger partial charge in [0.15, 0.2) is 0 Å². The van der Waals surface area contributed by atoms with Gasteiger partial charge in [0, 0.05) is 24.8 Å². The molecule has 0 aromatic heterocycles. The number of hydrogen-bond acceptors (Lipinski definition) is 2. The van der Waals surface area contributed by atoms with E-state index >= 15 is 0 Å². The number of amides is 2. The highest BCUT2D eigenvalue weighted by Gasteiger charge is 2.46.